The van der Waals surface area contributed by atoms with Crippen molar-refractivity contribution in [1.29, 1.82) is 0 Å². The van der Waals surface area contributed by atoms with Gasteiger partial charge in [-0.3, -0.25) is 9.52 Å². The van der Waals surface area contributed by atoms with Gasteiger partial charge < -0.3 is 5.11 Å². The van der Waals surface area contributed by atoms with Crippen molar-refractivity contribution >= 4 is 37.7 Å². The molecule has 0 amide bonds. The normalized spacial score (nSPS) is 11.2. The molecule has 0 unspecified atom stereocenters. The average Bonchev–Trinajstić information content (AvgIpc) is 2.75. The van der Waals surface area contributed by atoms with E-state index in [1.807, 2.05) is 0 Å². The van der Waals surface area contributed by atoms with Crippen molar-refractivity contribution in [3.63, 3.8) is 0 Å². The van der Waals surface area contributed by atoms with E-state index < -0.39 is 22.5 Å². The van der Waals surface area contributed by atoms with E-state index >= 15 is 0 Å². The summed E-state index contributed by atoms with van der Waals surface area (Å²) < 4.78 is 27.0. The van der Waals surface area contributed by atoms with E-state index in [0.717, 1.165) is 15.5 Å². The van der Waals surface area contributed by atoms with E-state index in [1.165, 1.54) is 12.1 Å². The minimum absolute atomic E-state index is 0.0471. The van der Waals surface area contributed by atoms with Gasteiger partial charge in [-0.25, -0.2) is 8.42 Å². The van der Waals surface area contributed by atoms with E-state index in [0.29, 0.717) is 0 Å². The molecule has 20 heavy (non-hydrogen) atoms. The van der Waals surface area contributed by atoms with Gasteiger partial charge in [-0.15, -0.1) is 5.10 Å². The highest BCUT2D eigenvalue weighted by atomic mass is 79.9. The first-order valence-corrected chi connectivity index (χ1v) is 7.55. The van der Waals surface area contributed by atoms with Gasteiger partial charge in [-0.05, 0) is 24.3 Å². The molecule has 0 saturated heterocycles. The second-order valence-corrected chi connectivity index (χ2v) is 6.31. The van der Waals surface area contributed by atoms with Gasteiger partial charge in [0.2, 0.25) is 0 Å². The molecule has 2 N–H and O–H groups in total. The third-order valence-corrected chi connectivity index (χ3v) is 4.08. The van der Waals surface area contributed by atoms with Gasteiger partial charge in [0.1, 0.15) is 0 Å². The number of halogens is 1. The summed E-state index contributed by atoms with van der Waals surface area (Å²) in [7, 11) is -3.78. The molecule has 0 aliphatic carbocycles. The molecule has 0 aliphatic heterocycles. The van der Waals surface area contributed by atoms with Crippen LogP contribution in [-0.2, 0) is 21.4 Å². The zero-order valence-corrected chi connectivity index (χ0v) is 12.3. The highest BCUT2D eigenvalue weighted by molar-refractivity contribution is 9.10. The quantitative estimate of drug-likeness (QED) is 0.819. The van der Waals surface area contributed by atoms with Crippen LogP contribution in [0.4, 0.5) is 5.82 Å². The molecule has 0 aliphatic rings. The molecule has 1 aromatic carbocycles. The summed E-state index contributed by atoms with van der Waals surface area (Å²) in [4.78, 5) is 11.4. The number of hydrogen-bond donors (Lipinski definition) is 2. The van der Waals surface area contributed by atoms with Gasteiger partial charge in [0.05, 0.1) is 11.1 Å². The van der Waals surface area contributed by atoms with E-state index in [4.69, 9.17) is 5.11 Å². The smallest absolute Gasteiger partial charge is 0.327 e. The Bertz CT molecular complexity index is 726. The van der Waals surface area contributed by atoms with Gasteiger partial charge in [0.25, 0.3) is 10.0 Å². The van der Waals surface area contributed by atoms with E-state index in [-0.39, 0.29) is 10.7 Å². The molecular formula is C10H9BrN4O4S. The number of rotatable bonds is 5. The van der Waals surface area contributed by atoms with Crippen molar-refractivity contribution in [3.8, 4) is 0 Å². The summed E-state index contributed by atoms with van der Waals surface area (Å²) in [6, 6.07) is 6.04. The molecule has 0 atom stereocenters. The third-order valence-electron chi connectivity index (χ3n) is 2.18. The zero-order valence-electron chi connectivity index (χ0n) is 9.89. The second-order valence-electron chi connectivity index (χ2n) is 3.71. The summed E-state index contributed by atoms with van der Waals surface area (Å²) in [5.74, 6) is -1.17. The highest BCUT2D eigenvalue weighted by Gasteiger charge is 2.16. The first-order chi connectivity index (χ1) is 9.37. The van der Waals surface area contributed by atoms with Crippen LogP contribution >= 0.6 is 15.9 Å². The van der Waals surface area contributed by atoms with Gasteiger partial charge in [0, 0.05) is 4.47 Å². The van der Waals surface area contributed by atoms with E-state index in [1.54, 1.807) is 12.1 Å². The number of sulfonamides is 1. The molecule has 2 rings (SSSR count). The molecule has 0 radical (unpaired) electrons. The minimum Gasteiger partial charge on any atom is -0.480 e. The number of aliphatic carboxylic acids is 1. The number of nitrogens with zero attached hydrogens (tertiary/aromatic N) is 3. The fourth-order valence-corrected chi connectivity index (χ4v) is 2.60. The number of hydrogen-bond acceptors (Lipinski definition) is 5. The molecule has 1 aromatic heterocycles. The number of carboxylic acid groups (broad SMARTS) is 1. The van der Waals surface area contributed by atoms with Crippen LogP contribution in [0.1, 0.15) is 0 Å². The fraction of sp³-hybridized carbons (Fsp3) is 0.100. The number of carbonyl (C=O) groups is 1. The predicted octanol–water partition coefficient (Wildman–Crippen LogP) is 0.926. The lowest BCUT2D eigenvalue weighted by Crippen LogP contribution is -2.15. The summed E-state index contributed by atoms with van der Waals surface area (Å²) in [6.45, 7) is -0.444. The first kappa shape index (κ1) is 14.5. The lowest BCUT2D eigenvalue weighted by molar-refractivity contribution is -0.138. The summed E-state index contributed by atoms with van der Waals surface area (Å²) in [6.07, 6.45) is 1.14. The maximum atomic E-state index is 12.0. The number of anilines is 1. The molecule has 0 spiro atoms. The molecule has 106 valence electrons. The van der Waals surface area contributed by atoms with Crippen LogP contribution in [0, 0.1) is 0 Å². The van der Waals surface area contributed by atoms with Crippen molar-refractivity contribution in [2.24, 2.45) is 0 Å². The number of aromatic nitrogens is 3. The van der Waals surface area contributed by atoms with Crippen molar-refractivity contribution in [2.75, 3.05) is 4.72 Å². The molecule has 10 heteroatoms. The highest BCUT2D eigenvalue weighted by Crippen LogP contribution is 2.17. The molecule has 2 aromatic rings. The summed E-state index contributed by atoms with van der Waals surface area (Å²) >= 11 is 3.21. The Labute approximate surface area is 122 Å². The Balaban J connectivity index is 2.18. The molecule has 1 heterocycles. The third kappa shape index (κ3) is 3.54. The Hall–Kier alpha value is -1.94. The number of carboxylic acids is 1. The standard InChI is InChI=1S/C10H9BrN4O4S/c11-7-1-3-8(4-2-7)20(18,19)14-9-5-12-15(13-9)6-10(16)17/h1-5H,6H2,(H,13,14)(H,16,17). The van der Waals surface area contributed by atoms with Crippen molar-refractivity contribution in [2.45, 2.75) is 11.4 Å². The predicted molar refractivity (Wildman–Crippen MR) is 72.6 cm³/mol. The molecule has 8 nitrogen and oxygen atoms in total. The number of nitrogens with one attached hydrogen (secondary N) is 1. The van der Waals surface area contributed by atoms with Gasteiger partial charge >= 0.3 is 5.97 Å². The molecule has 0 saturated carbocycles. The SMILES string of the molecule is O=C(O)Cn1ncc(NS(=O)(=O)c2ccc(Br)cc2)n1. The van der Waals surface area contributed by atoms with Crippen LogP contribution in [0.15, 0.2) is 39.8 Å². The fourth-order valence-electron chi connectivity index (χ4n) is 1.35. The second kappa shape index (κ2) is 5.59. The van der Waals surface area contributed by atoms with Gasteiger partial charge in [-0.1, -0.05) is 15.9 Å². The Morgan fingerprint density at radius 1 is 1.35 bits per heavy atom. The van der Waals surface area contributed by atoms with Crippen LogP contribution < -0.4 is 4.72 Å². The molecular weight excluding hydrogens is 352 g/mol. The van der Waals surface area contributed by atoms with Crippen LogP contribution in [0.25, 0.3) is 0 Å². The van der Waals surface area contributed by atoms with Crippen molar-refractivity contribution in [3.05, 3.63) is 34.9 Å². The zero-order chi connectivity index (χ0) is 14.8. The summed E-state index contributed by atoms with van der Waals surface area (Å²) in [5, 5.41) is 15.9. The monoisotopic (exact) mass is 360 g/mol. The van der Waals surface area contributed by atoms with E-state index in [9.17, 15) is 13.2 Å². The van der Waals surface area contributed by atoms with E-state index in [2.05, 4.69) is 30.8 Å². The lowest BCUT2D eigenvalue weighted by Gasteiger charge is -2.04. The van der Waals surface area contributed by atoms with Crippen LogP contribution in [-0.4, -0.2) is 34.5 Å². The Morgan fingerprint density at radius 2 is 2.00 bits per heavy atom. The van der Waals surface area contributed by atoms with Gasteiger partial charge in [0.15, 0.2) is 12.4 Å². The average molecular weight is 361 g/mol. The number of benzene rings is 1. The first-order valence-electron chi connectivity index (χ1n) is 5.27. The maximum Gasteiger partial charge on any atom is 0.327 e. The van der Waals surface area contributed by atoms with Crippen LogP contribution in [0.3, 0.4) is 0 Å². The van der Waals surface area contributed by atoms with Crippen molar-refractivity contribution < 1.29 is 18.3 Å². The Kier molecular flexibility index (Phi) is 4.04. The van der Waals surface area contributed by atoms with Crippen LogP contribution in [0.5, 0.6) is 0 Å². The maximum absolute atomic E-state index is 12.0. The summed E-state index contributed by atoms with van der Waals surface area (Å²) in [5.41, 5.74) is 0. The van der Waals surface area contributed by atoms with Gasteiger partial charge in [-0.2, -0.15) is 9.90 Å². The molecule has 0 bridgehead atoms. The van der Waals surface area contributed by atoms with Crippen molar-refractivity contribution in [1.82, 2.24) is 15.0 Å². The largest absolute Gasteiger partial charge is 0.480 e. The Morgan fingerprint density at radius 3 is 2.60 bits per heavy atom. The minimum atomic E-state index is -3.78. The molecule has 0 fully saturated rings. The topological polar surface area (TPSA) is 114 Å². The van der Waals surface area contributed by atoms with Crippen LogP contribution in [0.2, 0.25) is 0 Å². The lowest BCUT2D eigenvalue weighted by atomic mass is 10.4.